The fourth-order valence-electron chi connectivity index (χ4n) is 4.81. The average molecular weight is 530 g/mol. The molecule has 7 heteroatoms. The molecule has 4 aromatic carbocycles. The Bertz CT molecular complexity index is 1530. The molecular formula is C30H24ClNO4S. The molecule has 4 aromatic rings. The molecule has 0 bridgehead atoms. The molecule has 0 radical (unpaired) electrons. The third-order valence-electron chi connectivity index (χ3n) is 6.75. The zero-order valence-corrected chi connectivity index (χ0v) is 21.5. The van der Waals surface area contributed by atoms with Gasteiger partial charge in [0.2, 0.25) is 10.0 Å². The van der Waals surface area contributed by atoms with Crippen molar-refractivity contribution < 1.29 is 17.9 Å². The van der Waals surface area contributed by atoms with E-state index >= 15 is 0 Å². The summed E-state index contributed by atoms with van der Waals surface area (Å²) in [5, 5.41) is 0.677. The summed E-state index contributed by atoms with van der Waals surface area (Å²) >= 11 is 6.00. The lowest BCUT2D eigenvalue weighted by molar-refractivity contribution is -0.0459. The minimum atomic E-state index is -3.73. The second-order valence-corrected chi connectivity index (χ2v) is 11.4. The highest BCUT2D eigenvalue weighted by molar-refractivity contribution is 7.89. The zero-order chi connectivity index (χ0) is 25.5. The number of hydrogen-bond acceptors (Lipinski definition) is 4. The van der Waals surface area contributed by atoms with E-state index < -0.39 is 15.8 Å². The van der Waals surface area contributed by atoms with Crippen LogP contribution in [0.25, 0.3) is 5.57 Å². The molecule has 6 rings (SSSR count). The maximum absolute atomic E-state index is 13.6. The highest BCUT2D eigenvalue weighted by Gasteiger charge is 2.45. The smallest absolute Gasteiger partial charge is 0.305 e. The second kappa shape index (κ2) is 9.38. The number of halogens is 1. The number of hydrogen-bond donors (Lipinski definition) is 0. The van der Waals surface area contributed by atoms with Gasteiger partial charge in [0, 0.05) is 35.3 Å². The van der Waals surface area contributed by atoms with E-state index in [0.717, 1.165) is 22.3 Å². The van der Waals surface area contributed by atoms with Crippen molar-refractivity contribution in [3.63, 3.8) is 0 Å². The molecule has 5 nitrogen and oxygen atoms in total. The van der Waals surface area contributed by atoms with Crippen molar-refractivity contribution in [3.8, 4) is 11.5 Å². The first-order valence-electron chi connectivity index (χ1n) is 12.0. The Balaban J connectivity index is 1.29. The van der Waals surface area contributed by atoms with Gasteiger partial charge in [-0.15, -0.1) is 0 Å². The van der Waals surface area contributed by atoms with Crippen LogP contribution in [0.4, 0.5) is 0 Å². The Morgan fingerprint density at radius 3 is 1.97 bits per heavy atom. The Hall–Kier alpha value is -3.58. The standard InChI is InChI=1S/C30H24ClNO4S/c31-26-13-11-22(12-14-26)23-17-19-32(20-18-23)37(33,34)27-15-16-28-29(21-27)36-30(35-28,24-7-3-1-4-8-24)25-9-5-2-6-10-25/h1-17,21H,18-20H2. The number of rotatable bonds is 5. The van der Waals surface area contributed by atoms with Crippen LogP contribution in [0, 0.1) is 0 Å². The summed E-state index contributed by atoms with van der Waals surface area (Å²) in [6.45, 7) is 0.690. The molecule has 2 aliphatic rings. The highest BCUT2D eigenvalue weighted by Crippen LogP contribution is 2.48. The van der Waals surface area contributed by atoms with Gasteiger partial charge in [-0.05, 0) is 41.8 Å². The van der Waals surface area contributed by atoms with Crippen molar-refractivity contribution in [2.24, 2.45) is 0 Å². The van der Waals surface area contributed by atoms with E-state index in [1.807, 2.05) is 91.0 Å². The van der Waals surface area contributed by atoms with Crippen LogP contribution in [-0.4, -0.2) is 25.8 Å². The van der Waals surface area contributed by atoms with Gasteiger partial charge >= 0.3 is 5.79 Å². The van der Waals surface area contributed by atoms with E-state index in [0.29, 0.717) is 36.0 Å². The van der Waals surface area contributed by atoms with Gasteiger partial charge in [-0.3, -0.25) is 0 Å². The Morgan fingerprint density at radius 2 is 1.38 bits per heavy atom. The van der Waals surface area contributed by atoms with Crippen LogP contribution < -0.4 is 9.47 Å². The number of nitrogens with zero attached hydrogens (tertiary/aromatic N) is 1. The topological polar surface area (TPSA) is 55.8 Å². The van der Waals surface area contributed by atoms with Gasteiger partial charge in [0.1, 0.15) is 0 Å². The summed E-state index contributed by atoms with van der Waals surface area (Å²) in [5.41, 5.74) is 3.81. The van der Waals surface area contributed by atoms with Gasteiger partial charge in [-0.2, -0.15) is 4.31 Å². The van der Waals surface area contributed by atoms with Crippen LogP contribution in [0.1, 0.15) is 23.1 Å². The first-order chi connectivity index (χ1) is 18.0. The van der Waals surface area contributed by atoms with Crippen LogP contribution in [0.3, 0.4) is 0 Å². The highest BCUT2D eigenvalue weighted by atomic mass is 35.5. The van der Waals surface area contributed by atoms with Crippen molar-refractivity contribution in [1.82, 2.24) is 4.31 Å². The average Bonchev–Trinajstić information content (AvgIpc) is 3.35. The van der Waals surface area contributed by atoms with Crippen molar-refractivity contribution in [1.29, 1.82) is 0 Å². The molecule has 0 amide bonds. The van der Waals surface area contributed by atoms with E-state index in [1.165, 1.54) is 4.31 Å². The first-order valence-corrected chi connectivity index (χ1v) is 13.9. The predicted octanol–water partition coefficient (Wildman–Crippen LogP) is 6.49. The van der Waals surface area contributed by atoms with Crippen molar-refractivity contribution >= 4 is 27.2 Å². The predicted molar refractivity (Wildman–Crippen MR) is 144 cm³/mol. The minimum Gasteiger partial charge on any atom is -0.440 e. The van der Waals surface area contributed by atoms with E-state index in [-0.39, 0.29) is 4.90 Å². The van der Waals surface area contributed by atoms with Crippen LogP contribution >= 0.6 is 11.6 Å². The van der Waals surface area contributed by atoms with E-state index in [4.69, 9.17) is 21.1 Å². The first kappa shape index (κ1) is 23.8. The maximum atomic E-state index is 13.6. The fourth-order valence-corrected chi connectivity index (χ4v) is 6.33. The summed E-state index contributed by atoms with van der Waals surface area (Å²) in [7, 11) is -3.73. The molecule has 2 heterocycles. The fraction of sp³-hybridized carbons (Fsp3) is 0.133. The summed E-state index contributed by atoms with van der Waals surface area (Å²) in [4.78, 5) is 0.176. The number of ether oxygens (including phenoxy) is 2. The molecular weight excluding hydrogens is 506 g/mol. The van der Waals surface area contributed by atoms with Gasteiger partial charge < -0.3 is 9.47 Å². The normalized spacial score (nSPS) is 16.8. The summed E-state index contributed by atoms with van der Waals surface area (Å²) < 4.78 is 41.5. The molecule has 0 fully saturated rings. The minimum absolute atomic E-state index is 0.176. The van der Waals surface area contributed by atoms with Crippen LogP contribution in [-0.2, 0) is 15.8 Å². The largest absolute Gasteiger partial charge is 0.440 e. The van der Waals surface area contributed by atoms with E-state index in [2.05, 4.69) is 0 Å². The van der Waals surface area contributed by atoms with Crippen LogP contribution in [0.2, 0.25) is 5.02 Å². The molecule has 2 aliphatic heterocycles. The molecule has 0 saturated heterocycles. The van der Waals surface area contributed by atoms with Crippen LogP contribution in [0.15, 0.2) is 114 Å². The molecule has 0 spiro atoms. The summed E-state index contributed by atoms with van der Waals surface area (Å²) in [6, 6.07) is 31.8. The number of fused-ring (bicyclic) bond motifs is 1. The summed E-state index contributed by atoms with van der Waals surface area (Å²) in [6.07, 6.45) is 2.59. The quantitative estimate of drug-likeness (QED) is 0.296. The van der Waals surface area contributed by atoms with Crippen molar-refractivity contribution in [2.45, 2.75) is 17.1 Å². The molecule has 0 saturated carbocycles. The van der Waals surface area contributed by atoms with Gasteiger partial charge in [0.15, 0.2) is 11.5 Å². The van der Waals surface area contributed by atoms with Crippen molar-refractivity contribution in [2.75, 3.05) is 13.1 Å². The lowest BCUT2D eigenvalue weighted by Gasteiger charge is -2.28. The molecule has 0 aliphatic carbocycles. The molecule has 186 valence electrons. The van der Waals surface area contributed by atoms with Crippen molar-refractivity contribution in [3.05, 3.63) is 131 Å². The molecule has 37 heavy (non-hydrogen) atoms. The van der Waals surface area contributed by atoms with Gasteiger partial charge in [0.25, 0.3) is 0 Å². The number of benzene rings is 4. The van der Waals surface area contributed by atoms with Gasteiger partial charge in [-0.25, -0.2) is 8.42 Å². The monoisotopic (exact) mass is 529 g/mol. The Kier molecular flexibility index (Phi) is 6.03. The molecule has 0 N–H and O–H groups in total. The SMILES string of the molecule is O=S(=O)(c1ccc2c(c1)OC(c1ccccc1)(c1ccccc1)O2)N1CC=C(c2ccc(Cl)cc2)CC1. The Morgan fingerprint density at radius 1 is 0.757 bits per heavy atom. The Labute approximate surface area is 221 Å². The van der Waals surface area contributed by atoms with E-state index in [1.54, 1.807) is 18.2 Å². The van der Waals surface area contributed by atoms with Gasteiger partial charge in [-0.1, -0.05) is 90.5 Å². The second-order valence-electron chi connectivity index (χ2n) is 9.01. The van der Waals surface area contributed by atoms with E-state index in [9.17, 15) is 8.42 Å². The lowest BCUT2D eigenvalue weighted by Crippen LogP contribution is -2.36. The third-order valence-corrected chi connectivity index (χ3v) is 8.87. The van der Waals surface area contributed by atoms with Crippen LogP contribution in [0.5, 0.6) is 11.5 Å². The number of sulfonamides is 1. The lowest BCUT2D eigenvalue weighted by atomic mass is 9.97. The van der Waals surface area contributed by atoms with Gasteiger partial charge in [0.05, 0.1) is 4.90 Å². The molecule has 0 unspecified atom stereocenters. The third kappa shape index (κ3) is 4.31. The molecule has 0 aromatic heterocycles. The summed E-state index contributed by atoms with van der Waals surface area (Å²) in [5.74, 6) is -0.312. The zero-order valence-electron chi connectivity index (χ0n) is 19.9. The maximum Gasteiger partial charge on any atom is 0.305 e. The molecule has 0 atom stereocenters.